The van der Waals surface area contributed by atoms with Crippen LogP contribution >= 0.6 is 0 Å². The minimum absolute atomic E-state index is 0.176. The molecule has 1 unspecified atom stereocenters. The van der Waals surface area contributed by atoms with Gasteiger partial charge in [0.15, 0.2) is 0 Å². The second-order valence-electron chi connectivity index (χ2n) is 4.69. The van der Waals surface area contributed by atoms with E-state index in [1.54, 1.807) is 6.92 Å². The number of ether oxygens (including phenoxy) is 1. The van der Waals surface area contributed by atoms with Crippen LogP contribution in [0.4, 0.5) is 0 Å². The molecule has 1 aromatic carbocycles. The molecule has 3 N–H and O–H groups in total. The van der Waals surface area contributed by atoms with Crippen LogP contribution in [-0.2, 0) is 11.2 Å². The predicted octanol–water partition coefficient (Wildman–Crippen LogP) is 2.07. The highest BCUT2D eigenvalue weighted by molar-refractivity contribution is 5.74. The molecule has 0 saturated carbocycles. The van der Waals surface area contributed by atoms with E-state index in [9.17, 15) is 4.79 Å². The van der Waals surface area contributed by atoms with Gasteiger partial charge in [-0.3, -0.25) is 4.79 Å². The van der Waals surface area contributed by atoms with Crippen molar-refractivity contribution in [2.45, 2.75) is 26.7 Å². The summed E-state index contributed by atoms with van der Waals surface area (Å²) in [5.41, 5.74) is 5.79. The maximum atomic E-state index is 11.1. The summed E-state index contributed by atoms with van der Waals surface area (Å²) in [6.45, 7) is 4.34. The summed E-state index contributed by atoms with van der Waals surface area (Å²) >= 11 is 0. The molecule has 18 heavy (non-hydrogen) atoms. The van der Waals surface area contributed by atoms with E-state index in [1.807, 2.05) is 31.2 Å². The molecular formula is C14H21NO3. The fourth-order valence-corrected chi connectivity index (χ4v) is 1.48. The van der Waals surface area contributed by atoms with E-state index >= 15 is 0 Å². The lowest BCUT2D eigenvalue weighted by atomic mass is 9.89. The minimum Gasteiger partial charge on any atom is -0.492 e. The van der Waals surface area contributed by atoms with Crippen molar-refractivity contribution in [1.82, 2.24) is 0 Å². The highest BCUT2D eigenvalue weighted by atomic mass is 16.5. The topological polar surface area (TPSA) is 72.5 Å². The lowest BCUT2D eigenvalue weighted by Crippen LogP contribution is -2.33. The van der Waals surface area contributed by atoms with E-state index < -0.39 is 11.4 Å². The van der Waals surface area contributed by atoms with Crippen LogP contribution in [-0.4, -0.2) is 24.2 Å². The molecule has 1 atom stereocenters. The van der Waals surface area contributed by atoms with Gasteiger partial charge in [0.05, 0.1) is 5.41 Å². The van der Waals surface area contributed by atoms with Crippen molar-refractivity contribution in [1.29, 1.82) is 0 Å². The van der Waals surface area contributed by atoms with Crippen LogP contribution in [0.1, 0.15) is 25.8 Å². The normalized spacial score (nSPS) is 13.9. The summed E-state index contributed by atoms with van der Waals surface area (Å²) in [4.78, 5) is 11.1. The molecule has 0 spiro atoms. The summed E-state index contributed by atoms with van der Waals surface area (Å²) < 4.78 is 5.54. The first-order valence-corrected chi connectivity index (χ1v) is 6.17. The van der Waals surface area contributed by atoms with E-state index in [0.717, 1.165) is 12.0 Å². The lowest BCUT2D eigenvalue weighted by molar-refractivity contribution is -0.149. The van der Waals surface area contributed by atoms with Gasteiger partial charge in [-0.25, -0.2) is 0 Å². The highest BCUT2D eigenvalue weighted by Gasteiger charge is 2.32. The summed E-state index contributed by atoms with van der Waals surface area (Å²) in [6, 6.07) is 7.60. The molecule has 4 heteroatoms. The highest BCUT2D eigenvalue weighted by Crippen LogP contribution is 2.23. The average molecular weight is 251 g/mol. The van der Waals surface area contributed by atoms with Gasteiger partial charge in [-0.2, -0.15) is 0 Å². The molecule has 0 heterocycles. The molecule has 0 saturated heterocycles. The maximum absolute atomic E-state index is 11.1. The van der Waals surface area contributed by atoms with E-state index in [1.165, 1.54) is 0 Å². The zero-order chi connectivity index (χ0) is 13.6. The van der Waals surface area contributed by atoms with Crippen LogP contribution in [0.25, 0.3) is 0 Å². The Morgan fingerprint density at radius 1 is 1.39 bits per heavy atom. The number of carboxylic acids is 1. The molecule has 1 aromatic rings. The van der Waals surface area contributed by atoms with Crippen LogP contribution < -0.4 is 10.5 Å². The van der Waals surface area contributed by atoms with Crippen LogP contribution in [0.5, 0.6) is 5.75 Å². The fraction of sp³-hybridized carbons (Fsp3) is 0.500. The molecular weight excluding hydrogens is 230 g/mol. The molecule has 1 rings (SSSR count). The SMILES string of the molecule is CCC(C)(COc1ccc(CCN)cc1)C(=O)O. The van der Waals surface area contributed by atoms with Gasteiger partial charge in [0.25, 0.3) is 0 Å². The summed E-state index contributed by atoms with van der Waals surface area (Å²) in [7, 11) is 0. The van der Waals surface area contributed by atoms with Crippen molar-refractivity contribution >= 4 is 5.97 Å². The first kappa shape index (κ1) is 14.5. The van der Waals surface area contributed by atoms with Crippen molar-refractivity contribution in [2.75, 3.05) is 13.2 Å². The molecule has 0 amide bonds. The first-order chi connectivity index (χ1) is 8.51. The van der Waals surface area contributed by atoms with Crippen LogP contribution in [0.2, 0.25) is 0 Å². The minimum atomic E-state index is -0.837. The molecule has 0 aliphatic rings. The van der Waals surface area contributed by atoms with E-state index in [-0.39, 0.29) is 6.61 Å². The smallest absolute Gasteiger partial charge is 0.312 e. The average Bonchev–Trinajstić information content (AvgIpc) is 2.37. The monoisotopic (exact) mass is 251 g/mol. The molecule has 0 radical (unpaired) electrons. The lowest BCUT2D eigenvalue weighted by Gasteiger charge is -2.23. The third-order valence-electron chi connectivity index (χ3n) is 3.21. The molecule has 4 nitrogen and oxygen atoms in total. The number of hydrogen-bond acceptors (Lipinski definition) is 3. The Morgan fingerprint density at radius 2 is 2.00 bits per heavy atom. The van der Waals surface area contributed by atoms with Crippen molar-refractivity contribution in [3.8, 4) is 5.75 Å². The number of rotatable bonds is 7. The number of carbonyl (C=O) groups is 1. The Labute approximate surface area is 108 Å². The Hall–Kier alpha value is -1.55. The Bertz CT molecular complexity index is 389. The van der Waals surface area contributed by atoms with Crippen molar-refractivity contribution in [2.24, 2.45) is 11.1 Å². The van der Waals surface area contributed by atoms with Gasteiger partial charge in [-0.1, -0.05) is 19.1 Å². The van der Waals surface area contributed by atoms with Gasteiger partial charge in [0.2, 0.25) is 0 Å². The molecule has 0 aromatic heterocycles. The van der Waals surface area contributed by atoms with Crippen LogP contribution in [0.15, 0.2) is 24.3 Å². The van der Waals surface area contributed by atoms with Gasteiger partial charge in [0, 0.05) is 0 Å². The second-order valence-corrected chi connectivity index (χ2v) is 4.69. The van der Waals surface area contributed by atoms with Crippen LogP contribution in [0, 0.1) is 5.41 Å². The van der Waals surface area contributed by atoms with Crippen molar-refractivity contribution < 1.29 is 14.6 Å². The van der Waals surface area contributed by atoms with E-state index in [2.05, 4.69) is 0 Å². The summed E-state index contributed by atoms with van der Waals surface area (Å²) in [5, 5.41) is 9.13. The Morgan fingerprint density at radius 3 is 2.44 bits per heavy atom. The zero-order valence-electron chi connectivity index (χ0n) is 11.0. The summed E-state index contributed by atoms with van der Waals surface area (Å²) in [5.74, 6) is -0.138. The quantitative estimate of drug-likeness (QED) is 0.778. The third-order valence-corrected chi connectivity index (χ3v) is 3.21. The summed E-state index contributed by atoms with van der Waals surface area (Å²) in [6.07, 6.45) is 1.37. The predicted molar refractivity (Wildman–Crippen MR) is 70.7 cm³/mol. The number of aliphatic carboxylic acids is 1. The van der Waals surface area contributed by atoms with Gasteiger partial charge < -0.3 is 15.6 Å². The fourth-order valence-electron chi connectivity index (χ4n) is 1.48. The van der Waals surface area contributed by atoms with Gasteiger partial charge in [-0.05, 0) is 44.0 Å². The molecule has 100 valence electrons. The van der Waals surface area contributed by atoms with Gasteiger partial charge in [-0.15, -0.1) is 0 Å². The largest absolute Gasteiger partial charge is 0.492 e. The van der Waals surface area contributed by atoms with E-state index in [4.69, 9.17) is 15.6 Å². The molecule has 0 fully saturated rings. The Kier molecular flexibility index (Phi) is 5.16. The van der Waals surface area contributed by atoms with E-state index in [0.29, 0.717) is 18.7 Å². The molecule has 0 bridgehead atoms. The van der Waals surface area contributed by atoms with Gasteiger partial charge in [0.1, 0.15) is 12.4 Å². The maximum Gasteiger partial charge on any atom is 0.312 e. The second kappa shape index (κ2) is 6.40. The van der Waals surface area contributed by atoms with Crippen LogP contribution in [0.3, 0.4) is 0 Å². The van der Waals surface area contributed by atoms with Crippen molar-refractivity contribution in [3.63, 3.8) is 0 Å². The number of hydrogen-bond donors (Lipinski definition) is 2. The number of benzene rings is 1. The van der Waals surface area contributed by atoms with Crippen molar-refractivity contribution in [3.05, 3.63) is 29.8 Å². The zero-order valence-corrected chi connectivity index (χ0v) is 11.0. The molecule has 0 aliphatic carbocycles. The van der Waals surface area contributed by atoms with Gasteiger partial charge >= 0.3 is 5.97 Å². The molecule has 0 aliphatic heterocycles. The number of nitrogens with two attached hydrogens (primary N) is 1. The first-order valence-electron chi connectivity index (χ1n) is 6.17. The Balaban J connectivity index is 2.60. The number of carboxylic acid groups (broad SMARTS) is 1. The third kappa shape index (κ3) is 3.74. The standard InChI is InChI=1S/C14H21NO3/c1-3-14(2,13(16)17)10-18-12-6-4-11(5-7-12)8-9-15/h4-7H,3,8-10,15H2,1-2H3,(H,16,17).